The number of hydrogen-bond donors (Lipinski definition) is 1. The number of alkyl halides is 1. The lowest BCUT2D eigenvalue weighted by Crippen LogP contribution is -2.29. The average Bonchev–Trinajstić information content (AvgIpc) is 2.27. The lowest BCUT2D eigenvalue weighted by molar-refractivity contribution is 0.171. The topological polar surface area (TPSA) is 21.3 Å². The predicted molar refractivity (Wildman–Crippen MR) is 64.2 cm³/mol. The van der Waals surface area contributed by atoms with Gasteiger partial charge in [-0.25, -0.2) is 0 Å². The smallest absolute Gasteiger partial charge is 0.0613 e. The van der Waals surface area contributed by atoms with Gasteiger partial charge in [0.25, 0.3) is 0 Å². The van der Waals surface area contributed by atoms with Gasteiger partial charge in [0.2, 0.25) is 0 Å². The number of rotatable bonds is 6. The van der Waals surface area contributed by atoms with Gasteiger partial charge in [0, 0.05) is 25.6 Å². The Kier molecular flexibility index (Phi) is 5.69. The van der Waals surface area contributed by atoms with E-state index in [2.05, 4.69) is 24.4 Å². The predicted octanol–water partition coefficient (Wildman–Crippen LogP) is 2.55. The second-order valence-electron chi connectivity index (χ2n) is 3.69. The van der Waals surface area contributed by atoms with Crippen molar-refractivity contribution >= 4 is 11.6 Å². The molecule has 15 heavy (non-hydrogen) atoms. The normalized spacial score (nSPS) is 12.7. The van der Waals surface area contributed by atoms with Gasteiger partial charge in [-0.05, 0) is 18.1 Å². The number of ether oxygens (including phenoxy) is 1. The number of methoxy groups -OCH3 is 1. The molecule has 0 aliphatic heterocycles. The Morgan fingerprint density at radius 3 is 2.80 bits per heavy atom. The van der Waals surface area contributed by atoms with Crippen molar-refractivity contribution in [3.8, 4) is 0 Å². The van der Waals surface area contributed by atoms with Crippen LogP contribution in [0.15, 0.2) is 24.3 Å². The Labute approximate surface area is 96.6 Å². The van der Waals surface area contributed by atoms with Crippen molar-refractivity contribution < 1.29 is 4.74 Å². The summed E-state index contributed by atoms with van der Waals surface area (Å²) >= 11 is 5.77. The van der Waals surface area contributed by atoms with E-state index in [1.54, 1.807) is 7.11 Å². The molecule has 0 spiro atoms. The van der Waals surface area contributed by atoms with Gasteiger partial charge >= 0.3 is 0 Å². The molecule has 0 heterocycles. The van der Waals surface area contributed by atoms with Crippen molar-refractivity contribution in [2.24, 2.45) is 0 Å². The first-order valence-electron chi connectivity index (χ1n) is 5.12. The quantitative estimate of drug-likeness (QED) is 0.755. The van der Waals surface area contributed by atoms with Gasteiger partial charge in [-0.2, -0.15) is 0 Å². The van der Waals surface area contributed by atoms with E-state index >= 15 is 0 Å². The molecule has 1 N–H and O–H groups in total. The van der Waals surface area contributed by atoms with Crippen LogP contribution >= 0.6 is 11.6 Å². The molecule has 0 aliphatic carbocycles. The second-order valence-corrected chi connectivity index (χ2v) is 3.96. The zero-order chi connectivity index (χ0) is 11.1. The number of benzene rings is 1. The summed E-state index contributed by atoms with van der Waals surface area (Å²) in [7, 11) is 1.71. The van der Waals surface area contributed by atoms with Gasteiger partial charge in [-0.1, -0.05) is 24.3 Å². The van der Waals surface area contributed by atoms with Crippen molar-refractivity contribution in [2.75, 3.05) is 13.7 Å². The summed E-state index contributed by atoms with van der Waals surface area (Å²) in [6.45, 7) is 3.69. The third-order valence-corrected chi connectivity index (χ3v) is 2.53. The van der Waals surface area contributed by atoms with E-state index in [1.165, 1.54) is 5.56 Å². The Bertz CT molecular complexity index is 291. The first kappa shape index (κ1) is 12.5. The minimum Gasteiger partial charge on any atom is -0.383 e. The van der Waals surface area contributed by atoms with E-state index in [9.17, 15) is 0 Å². The highest BCUT2D eigenvalue weighted by atomic mass is 35.5. The molecule has 2 nitrogen and oxygen atoms in total. The molecule has 3 heteroatoms. The molecule has 0 radical (unpaired) electrons. The van der Waals surface area contributed by atoms with Gasteiger partial charge in [0.05, 0.1) is 6.61 Å². The maximum Gasteiger partial charge on any atom is 0.0613 e. The standard InChI is InChI=1S/C12H18ClNO/c1-10(9-15-2)14-8-12-5-3-4-11(6-12)7-13/h3-6,10,14H,7-9H2,1-2H3. The van der Waals surface area contributed by atoms with Crippen molar-refractivity contribution in [3.05, 3.63) is 35.4 Å². The molecule has 0 bridgehead atoms. The molecular weight excluding hydrogens is 210 g/mol. The highest BCUT2D eigenvalue weighted by Crippen LogP contribution is 2.07. The average molecular weight is 228 g/mol. The Morgan fingerprint density at radius 1 is 1.40 bits per heavy atom. The highest BCUT2D eigenvalue weighted by molar-refractivity contribution is 6.17. The van der Waals surface area contributed by atoms with Crippen LogP contribution in [0.5, 0.6) is 0 Å². The zero-order valence-electron chi connectivity index (χ0n) is 9.29. The maximum absolute atomic E-state index is 5.77. The Balaban J connectivity index is 2.43. The molecule has 0 aliphatic rings. The summed E-state index contributed by atoms with van der Waals surface area (Å²) in [5.74, 6) is 0.571. The molecule has 0 saturated carbocycles. The molecule has 1 unspecified atom stereocenters. The summed E-state index contributed by atoms with van der Waals surface area (Å²) < 4.78 is 5.05. The van der Waals surface area contributed by atoms with Crippen LogP contribution in [-0.2, 0) is 17.2 Å². The van der Waals surface area contributed by atoms with Crippen LogP contribution in [-0.4, -0.2) is 19.8 Å². The van der Waals surface area contributed by atoms with Crippen LogP contribution in [0.2, 0.25) is 0 Å². The van der Waals surface area contributed by atoms with Crippen LogP contribution in [0.1, 0.15) is 18.1 Å². The molecular formula is C12H18ClNO. The fourth-order valence-corrected chi connectivity index (χ4v) is 1.59. The lowest BCUT2D eigenvalue weighted by Gasteiger charge is -2.12. The molecule has 84 valence electrons. The molecule has 1 aromatic rings. The third kappa shape index (κ3) is 4.65. The van der Waals surface area contributed by atoms with E-state index in [1.807, 2.05) is 12.1 Å². The Morgan fingerprint density at radius 2 is 2.13 bits per heavy atom. The van der Waals surface area contributed by atoms with Gasteiger partial charge < -0.3 is 10.1 Å². The summed E-state index contributed by atoms with van der Waals surface area (Å²) in [6, 6.07) is 8.67. The van der Waals surface area contributed by atoms with Crippen molar-refractivity contribution in [2.45, 2.75) is 25.4 Å². The fraction of sp³-hybridized carbons (Fsp3) is 0.500. The minimum absolute atomic E-state index is 0.370. The summed E-state index contributed by atoms with van der Waals surface area (Å²) in [5.41, 5.74) is 2.42. The molecule has 1 atom stereocenters. The van der Waals surface area contributed by atoms with Crippen LogP contribution in [0, 0.1) is 0 Å². The zero-order valence-corrected chi connectivity index (χ0v) is 10.1. The molecule has 1 aromatic carbocycles. The number of hydrogen-bond acceptors (Lipinski definition) is 2. The van der Waals surface area contributed by atoms with Gasteiger partial charge in [0.15, 0.2) is 0 Å². The molecule has 0 amide bonds. The van der Waals surface area contributed by atoms with Crippen LogP contribution in [0.25, 0.3) is 0 Å². The maximum atomic E-state index is 5.77. The van der Waals surface area contributed by atoms with Crippen molar-refractivity contribution in [3.63, 3.8) is 0 Å². The largest absolute Gasteiger partial charge is 0.383 e. The monoisotopic (exact) mass is 227 g/mol. The summed E-state index contributed by atoms with van der Waals surface area (Å²) in [4.78, 5) is 0. The van der Waals surface area contributed by atoms with Crippen LogP contribution in [0.4, 0.5) is 0 Å². The lowest BCUT2D eigenvalue weighted by atomic mass is 10.1. The van der Waals surface area contributed by atoms with E-state index in [0.29, 0.717) is 11.9 Å². The van der Waals surface area contributed by atoms with Gasteiger partial charge in [-0.15, -0.1) is 11.6 Å². The number of nitrogens with one attached hydrogen (secondary N) is 1. The molecule has 1 rings (SSSR count). The second kappa shape index (κ2) is 6.83. The molecule has 0 aromatic heterocycles. The van der Waals surface area contributed by atoms with Crippen LogP contribution < -0.4 is 5.32 Å². The fourth-order valence-electron chi connectivity index (χ4n) is 1.42. The van der Waals surface area contributed by atoms with E-state index in [0.717, 1.165) is 18.7 Å². The summed E-state index contributed by atoms with van der Waals surface area (Å²) in [5, 5.41) is 3.38. The third-order valence-electron chi connectivity index (χ3n) is 2.22. The SMILES string of the molecule is COCC(C)NCc1cccc(CCl)c1. The molecule has 0 fully saturated rings. The summed E-state index contributed by atoms with van der Waals surface area (Å²) in [6.07, 6.45) is 0. The van der Waals surface area contributed by atoms with Gasteiger partial charge in [0.1, 0.15) is 0 Å². The Hall–Kier alpha value is -0.570. The van der Waals surface area contributed by atoms with Gasteiger partial charge in [-0.3, -0.25) is 0 Å². The van der Waals surface area contributed by atoms with Crippen LogP contribution in [0.3, 0.4) is 0 Å². The highest BCUT2D eigenvalue weighted by Gasteiger charge is 2.00. The van der Waals surface area contributed by atoms with E-state index in [-0.39, 0.29) is 0 Å². The van der Waals surface area contributed by atoms with E-state index < -0.39 is 0 Å². The molecule has 0 saturated heterocycles. The van der Waals surface area contributed by atoms with E-state index in [4.69, 9.17) is 16.3 Å². The van der Waals surface area contributed by atoms with Crippen molar-refractivity contribution in [1.29, 1.82) is 0 Å². The first-order chi connectivity index (χ1) is 7.26. The van der Waals surface area contributed by atoms with Crippen molar-refractivity contribution in [1.82, 2.24) is 5.32 Å². The minimum atomic E-state index is 0.370. The first-order valence-corrected chi connectivity index (χ1v) is 5.66. The number of halogens is 1.